The summed E-state index contributed by atoms with van der Waals surface area (Å²) >= 11 is 0. The zero-order valence-corrected chi connectivity index (χ0v) is 11.2. The molecule has 21 heavy (non-hydrogen) atoms. The molecule has 0 aliphatic heterocycles. The van der Waals surface area contributed by atoms with Gasteiger partial charge in [-0.25, -0.2) is 0 Å². The lowest BCUT2D eigenvalue weighted by atomic mass is 10.1. The van der Waals surface area contributed by atoms with Gasteiger partial charge in [0.1, 0.15) is 17.2 Å². The molecule has 0 radical (unpaired) electrons. The Kier molecular flexibility index (Phi) is 2.86. The highest BCUT2D eigenvalue weighted by atomic mass is 32.3. The van der Waals surface area contributed by atoms with Gasteiger partial charge in [-0.05, 0) is 35.3 Å². The Morgan fingerprint density at radius 1 is 0.952 bits per heavy atom. The van der Waals surface area contributed by atoms with Crippen LogP contribution >= 0.6 is 0 Å². The topological polar surface area (TPSA) is 104 Å². The summed E-state index contributed by atoms with van der Waals surface area (Å²) in [5, 5.41) is 19.1. The first-order valence-corrected chi connectivity index (χ1v) is 6.84. The number of phenols is 2. The number of benzene rings is 2. The van der Waals surface area contributed by atoms with E-state index in [9.17, 15) is 18.6 Å². The van der Waals surface area contributed by atoms with E-state index in [-0.39, 0.29) is 22.6 Å². The van der Waals surface area contributed by atoms with Crippen LogP contribution in [0.1, 0.15) is 16.6 Å². The number of aromatic hydroxyl groups is 2. The van der Waals surface area contributed by atoms with Gasteiger partial charge >= 0.3 is 10.4 Å². The largest absolute Gasteiger partial charge is 0.508 e. The molecule has 0 bridgehead atoms. The Hall–Kier alpha value is -2.51. The molecule has 0 aliphatic carbocycles. The van der Waals surface area contributed by atoms with Crippen molar-refractivity contribution in [3.05, 3.63) is 53.5 Å². The van der Waals surface area contributed by atoms with Crippen LogP contribution in [0.4, 0.5) is 0 Å². The highest BCUT2D eigenvalue weighted by Gasteiger charge is 2.08. The van der Waals surface area contributed by atoms with E-state index >= 15 is 0 Å². The molecule has 110 valence electrons. The van der Waals surface area contributed by atoms with Crippen LogP contribution in [0.5, 0.6) is 17.2 Å². The van der Waals surface area contributed by atoms with Gasteiger partial charge in [0.2, 0.25) is 0 Å². The number of rotatable bonds is 4. The van der Waals surface area contributed by atoms with Gasteiger partial charge in [-0.2, -0.15) is 8.42 Å². The Labute approximate surface area is 127 Å². The van der Waals surface area contributed by atoms with Crippen molar-refractivity contribution in [2.75, 3.05) is 0 Å². The molecule has 0 heterocycles. The van der Waals surface area contributed by atoms with Crippen LogP contribution in [0.2, 0.25) is 0 Å². The van der Waals surface area contributed by atoms with E-state index in [1.165, 1.54) is 18.2 Å². The van der Waals surface area contributed by atoms with E-state index in [2.05, 4.69) is 4.18 Å². The molecule has 0 fully saturated rings. The average molecular weight is 312 g/mol. The third kappa shape index (κ3) is 4.83. The van der Waals surface area contributed by atoms with Crippen LogP contribution in [0.3, 0.4) is 0 Å². The minimum atomic E-state index is -4.78. The van der Waals surface area contributed by atoms with Gasteiger partial charge in [-0.3, -0.25) is 4.55 Å². The normalized spacial score (nSPS) is 14.3. The minimum Gasteiger partial charge on any atom is -0.508 e. The van der Waals surface area contributed by atoms with Gasteiger partial charge in [0.25, 0.3) is 0 Å². The Bertz CT molecular complexity index is 943. The first-order valence-electron chi connectivity index (χ1n) is 7.48. The molecule has 6 nitrogen and oxygen atoms in total. The molecule has 0 saturated carbocycles. The van der Waals surface area contributed by atoms with Crippen LogP contribution in [-0.2, 0) is 10.4 Å². The lowest BCUT2D eigenvalue weighted by Crippen LogP contribution is -2.06. The molecule has 3 N–H and O–H groups in total. The maximum Gasteiger partial charge on any atom is 0.446 e. The van der Waals surface area contributed by atoms with Crippen molar-refractivity contribution in [3.63, 3.8) is 0 Å². The predicted molar refractivity (Wildman–Crippen MR) is 77.3 cm³/mol. The van der Waals surface area contributed by atoms with Gasteiger partial charge in [0.15, 0.2) is 0 Å². The summed E-state index contributed by atoms with van der Waals surface area (Å²) in [4.78, 5) is 0. The highest BCUT2D eigenvalue weighted by molar-refractivity contribution is 7.81. The third-order valence-electron chi connectivity index (χ3n) is 2.19. The Balaban J connectivity index is 2.47. The summed E-state index contributed by atoms with van der Waals surface area (Å²) in [5.74, 6) is -1.51. The minimum absolute atomic E-state index is 0.117. The lowest BCUT2D eigenvalue weighted by molar-refractivity contribution is 0.385. The van der Waals surface area contributed by atoms with Crippen LogP contribution in [-0.4, -0.2) is 23.2 Å². The second-order valence-electron chi connectivity index (χ2n) is 3.87. The second-order valence-corrected chi connectivity index (χ2v) is 4.89. The van der Waals surface area contributed by atoms with Crippen molar-refractivity contribution in [3.8, 4) is 17.2 Å². The summed E-state index contributed by atoms with van der Waals surface area (Å²) in [6, 6.07) is 1.17. The van der Waals surface area contributed by atoms with Crippen molar-refractivity contribution >= 4 is 22.6 Å². The van der Waals surface area contributed by atoms with Crippen LogP contribution < -0.4 is 4.18 Å². The first-order chi connectivity index (χ1) is 11.5. The molecule has 0 unspecified atom stereocenters. The van der Waals surface area contributed by atoms with E-state index in [0.29, 0.717) is 0 Å². The number of hydrogen-bond donors (Lipinski definition) is 3. The number of hydrogen-bond acceptors (Lipinski definition) is 5. The maximum absolute atomic E-state index is 10.7. The molecule has 7 heteroatoms. The SMILES string of the molecule is [2H]c1c([2H])c(/C=C/c2cc(O)cc(OS(=O)(=O)O)c2)c([2H])c([2H])c1O. The van der Waals surface area contributed by atoms with E-state index in [1.54, 1.807) is 0 Å². The van der Waals surface area contributed by atoms with E-state index in [4.69, 9.17) is 10.0 Å². The van der Waals surface area contributed by atoms with Crippen LogP contribution in [0.15, 0.2) is 42.4 Å². The summed E-state index contributed by atoms with van der Waals surface area (Å²) in [5.41, 5.74) is 0.0805. The van der Waals surface area contributed by atoms with Gasteiger partial charge in [0, 0.05) is 6.07 Å². The quantitative estimate of drug-likeness (QED) is 0.592. The monoisotopic (exact) mass is 312 g/mol. The molecule has 0 amide bonds. The van der Waals surface area contributed by atoms with Gasteiger partial charge in [0.05, 0.1) is 5.48 Å². The van der Waals surface area contributed by atoms with Crippen molar-refractivity contribution in [2.45, 2.75) is 0 Å². The summed E-state index contributed by atoms with van der Waals surface area (Å²) < 4.78 is 64.9. The summed E-state index contributed by atoms with van der Waals surface area (Å²) in [6.45, 7) is 0. The van der Waals surface area contributed by atoms with Gasteiger partial charge in [-0.15, -0.1) is 0 Å². The zero-order chi connectivity index (χ0) is 18.9. The van der Waals surface area contributed by atoms with Crippen LogP contribution in [0.25, 0.3) is 12.2 Å². The molecule has 0 aliphatic rings. The van der Waals surface area contributed by atoms with E-state index < -0.39 is 40.3 Å². The fourth-order valence-electron chi connectivity index (χ4n) is 1.45. The molecule has 0 aromatic heterocycles. The smallest absolute Gasteiger partial charge is 0.446 e. The van der Waals surface area contributed by atoms with Crippen molar-refractivity contribution in [1.29, 1.82) is 0 Å². The molecule has 0 spiro atoms. The predicted octanol–water partition coefficient (Wildman–Crippen LogP) is 2.45. The fraction of sp³-hybridized carbons (Fsp3) is 0. The third-order valence-corrected chi connectivity index (χ3v) is 2.59. The lowest BCUT2D eigenvalue weighted by Gasteiger charge is -2.04. The fourth-order valence-corrected chi connectivity index (χ4v) is 1.79. The highest BCUT2D eigenvalue weighted by Crippen LogP contribution is 2.24. The van der Waals surface area contributed by atoms with Crippen molar-refractivity contribution < 1.29 is 32.8 Å². The van der Waals surface area contributed by atoms with Crippen molar-refractivity contribution in [2.24, 2.45) is 0 Å². The summed E-state index contributed by atoms with van der Waals surface area (Å²) in [7, 11) is -4.78. The molecule has 0 saturated heterocycles. The standard InChI is InChI=1S/C14H12O6S/c15-12-5-3-10(4-6-12)1-2-11-7-13(16)9-14(8-11)20-21(17,18)19/h1-9,15-16H,(H,17,18,19)/b2-1+/i3D,4D,5D,6D. The first kappa shape index (κ1) is 10.3. The zero-order valence-electron chi connectivity index (χ0n) is 14.4. The van der Waals surface area contributed by atoms with Crippen molar-refractivity contribution in [1.82, 2.24) is 0 Å². The van der Waals surface area contributed by atoms with E-state index in [0.717, 1.165) is 12.1 Å². The van der Waals surface area contributed by atoms with Gasteiger partial charge in [-0.1, -0.05) is 24.2 Å². The van der Waals surface area contributed by atoms with Gasteiger partial charge < -0.3 is 14.4 Å². The second kappa shape index (κ2) is 5.86. The molecule has 2 rings (SSSR count). The molecular weight excluding hydrogens is 296 g/mol. The average Bonchev–Trinajstić information content (AvgIpc) is 2.49. The molecule has 0 atom stereocenters. The molecule has 2 aromatic carbocycles. The Morgan fingerprint density at radius 3 is 2.19 bits per heavy atom. The van der Waals surface area contributed by atoms with Crippen LogP contribution in [0, 0.1) is 0 Å². The van der Waals surface area contributed by atoms with E-state index in [1.807, 2.05) is 0 Å². The number of phenolic OH excluding ortho intramolecular Hbond substituents is 2. The molecule has 2 aromatic rings. The maximum atomic E-state index is 10.7. The Morgan fingerprint density at radius 2 is 1.57 bits per heavy atom. The summed E-state index contributed by atoms with van der Waals surface area (Å²) in [6.07, 6.45) is 2.48. The molecular formula is C14H12O6S.